The van der Waals surface area contributed by atoms with Crippen molar-refractivity contribution in [2.75, 3.05) is 20.8 Å². The van der Waals surface area contributed by atoms with E-state index in [0.717, 1.165) is 22.6 Å². The van der Waals surface area contributed by atoms with Crippen LogP contribution in [-0.2, 0) is 26.5 Å². The lowest BCUT2D eigenvalue weighted by molar-refractivity contribution is -0.384. The lowest BCUT2D eigenvalue weighted by Crippen LogP contribution is -2.80. The quantitative estimate of drug-likeness (QED) is 0.192. The predicted octanol–water partition coefficient (Wildman–Crippen LogP) is 3.40. The molecule has 210 valence electrons. The Bertz CT molecular complexity index is 1520. The largest absolute Gasteiger partial charge is 0.497 e. The lowest BCUT2D eigenvalue weighted by atomic mass is 9.74. The Morgan fingerprint density at radius 2 is 1.63 bits per heavy atom. The third-order valence-electron chi connectivity index (χ3n) is 8.01. The van der Waals surface area contributed by atoms with Crippen LogP contribution >= 0.6 is 0 Å². The smallest absolute Gasteiger partial charge is 0.332 e. The fourth-order valence-electron chi connectivity index (χ4n) is 5.83. The Balaban J connectivity index is 1.37. The highest BCUT2D eigenvalue weighted by Crippen LogP contribution is 2.47. The van der Waals surface area contributed by atoms with Crippen LogP contribution in [0.25, 0.3) is 5.70 Å². The second kappa shape index (κ2) is 10.2. The molecule has 11 nitrogen and oxygen atoms in total. The molecule has 3 atom stereocenters. The van der Waals surface area contributed by atoms with E-state index in [4.69, 9.17) is 14.2 Å². The number of benzene rings is 3. The van der Waals surface area contributed by atoms with Crippen molar-refractivity contribution in [2.24, 2.45) is 0 Å². The first-order chi connectivity index (χ1) is 19.8. The van der Waals surface area contributed by atoms with E-state index in [1.807, 2.05) is 54.7 Å². The number of carbonyl (C=O) groups is 2. The minimum absolute atomic E-state index is 0.0502. The van der Waals surface area contributed by atoms with Gasteiger partial charge in [-0.25, -0.2) is 4.79 Å². The Labute approximate surface area is 236 Å². The summed E-state index contributed by atoms with van der Waals surface area (Å²) in [6.07, 6.45) is 1.85. The molecule has 3 aromatic carbocycles. The van der Waals surface area contributed by atoms with Crippen molar-refractivity contribution in [3.05, 3.63) is 106 Å². The summed E-state index contributed by atoms with van der Waals surface area (Å²) < 4.78 is 16.4. The zero-order valence-corrected chi connectivity index (χ0v) is 22.5. The first kappa shape index (κ1) is 26.2. The van der Waals surface area contributed by atoms with Crippen LogP contribution in [0.4, 0.5) is 5.69 Å². The zero-order chi connectivity index (χ0) is 28.7. The van der Waals surface area contributed by atoms with E-state index >= 15 is 0 Å². The second-order valence-electron chi connectivity index (χ2n) is 10.1. The molecule has 0 radical (unpaired) electrons. The normalized spacial score (nSPS) is 22.5. The number of hydrogen-bond acceptors (Lipinski definition) is 9. The van der Waals surface area contributed by atoms with Crippen LogP contribution in [0.1, 0.15) is 23.1 Å². The molecule has 3 aliphatic heterocycles. The summed E-state index contributed by atoms with van der Waals surface area (Å²) >= 11 is 0. The van der Waals surface area contributed by atoms with Crippen LogP contribution < -0.4 is 14.8 Å². The number of non-ortho nitro benzene ring substituents is 1. The number of carbonyl (C=O) groups excluding carboxylic acids is 2. The topological polar surface area (TPSA) is 123 Å². The number of fused-ring (bicyclic) bond motifs is 4. The molecule has 0 unspecified atom stereocenters. The SMILES string of the molecule is COc1ccc(C2=CN[C@@]3(c4ccc(OC)cc4)CN2[C@@H]2CC(=O)N2[C@H]3C(=O)OCc2ccc([N+](=O)[O-])cc2)cc1. The van der Waals surface area contributed by atoms with Gasteiger partial charge in [-0.1, -0.05) is 12.1 Å². The van der Waals surface area contributed by atoms with Gasteiger partial charge in [0.05, 0.1) is 31.3 Å². The molecule has 1 N–H and O–H groups in total. The Morgan fingerprint density at radius 1 is 1.00 bits per heavy atom. The van der Waals surface area contributed by atoms with E-state index in [1.165, 1.54) is 12.1 Å². The Hall–Kier alpha value is -5.06. The van der Waals surface area contributed by atoms with Gasteiger partial charge < -0.3 is 29.3 Å². The van der Waals surface area contributed by atoms with Crippen molar-refractivity contribution >= 4 is 23.3 Å². The van der Waals surface area contributed by atoms with Crippen LogP contribution in [0.3, 0.4) is 0 Å². The van der Waals surface area contributed by atoms with Crippen molar-refractivity contribution in [2.45, 2.75) is 30.8 Å². The summed E-state index contributed by atoms with van der Waals surface area (Å²) in [5, 5.41) is 14.5. The molecule has 11 heteroatoms. The number of β-lactam (4-membered cyclic amide) rings is 1. The molecule has 2 fully saturated rings. The molecule has 41 heavy (non-hydrogen) atoms. The number of nitro groups is 1. The Kier molecular flexibility index (Phi) is 6.49. The van der Waals surface area contributed by atoms with Gasteiger partial charge in [-0.3, -0.25) is 14.9 Å². The van der Waals surface area contributed by atoms with Gasteiger partial charge in [0, 0.05) is 24.9 Å². The molecular formula is C30H28N4O7. The van der Waals surface area contributed by atoms with E-state index in [-0.39, 0.29) is 30.8 Å². The molecule has 0 aromatic heterocycles. The number of esters is 1. The van der Waals surface area contributed by atoms with Crippen LogP contribution in [0.5, 0.6) is 11.5 Å². The van der Waals surface area contributed by atoms with E-state index in [1.54, 1.807) is 31.3 Å². The molecule has 0 spiro atoms. The molecular weight excluding hydrogens is 528 g/mol. The number of methoxy groups -OCH3 is 2. The third-order valence-corrected chi connectivity index (χ3v) is 8.01. The maximum atomic E-state index is 13.9. The van der Waals surface area contributed by atoms with Gasteiger partial charge in [0.2, 0.25) is 5.91 Å². The number of nitrogens with zero attached hydrogens (tertiary/aromatic N) is 3. The summed E-state index contributed by atoms with van der Waals surface area (Å²) in [6, 6.07) is 20.0. The summed E-state index contributed by atoms with van der Waals surface area (Å²) in [5.41, 5.74) is 2.18. The van der Waals surface area contributed by atoms with Crippen LogP contribution in [0, 0.1) is 10.1 Å². The van der Waals surface area contributed by atoms with Crippen LogP contribution in [-0.4, -0.2) is 59.6 Å². The second-order valence-corrected chi connectivity index (χ2v) is 10.1. The molecule has 0 aliphatic carbocycles. The maximum absolute atomic E-state index is 13.9. The highest BCUT2D eigenvalue weighted by Gasteiger charge is 2.63. The summed E-state index contributed by atoms with van der Waals surface area (Å²) in [4.78, 5) is 41.3. The van der Waals surface area contributed by atoms with Gasteiger partial charge >= 0.3 is 5.97 Å². The minimum Gasteiger partial charge on any atom is -0.497 e. The van der Waals surface area contributed by atoms with Gasteiger partial charge in [0.25, 0.3) is 5.69 Å². The molecule has 2 bridgehead atoms. The standard InChI is InChI=1S/C30H28N4O7/c1-39-23-11-5-20(6-12-23)25-16-31-30(21-7-13-24(40-2)14-8-21)18-32(25)26-15-27(35)33(26)28(30)29(36)41-17-19-3-9-22(10-4-19)34(37)38/h3-14,16,26,28,31H,15,17-18H2,1-2H3/t26-,28-,30+/m0/s1. The number of nitro benzene ring substituents is 1. The van der Waals surface area contributed by atoms with E-state index in [9.17, 15) is 19.7 Å². The molecule has 3 heterocycles. The summed E-state index contributed by atoms with van der Waals surface area (Å²) in [7, 11) is 3.20. The van der Waals surface area contributed by atoms with Crippen molar-refractivity contribution in [1.82, 2.24) is 15.1 Å². The fourth-order valence-corrected chi connectivity index (χ4v) is 5.83. The van der Waals surface area contributed by atoms with E-state index in [0.29, 0.717) is 17.9 Å². The Morgan fingerprint density at radius 3 is 2.22 bits per heavy atom. The monoisotopic (exact) mass is 556 g/mol. The molecule has 3 aliphatic rings. The van der Waals surface area contributed by atoms with E-state index in [2.05, 4.69) is 10.2 Å². The molecule has 6 rings (SSSR count). The van der Waals surface area contributed by atoms with Crippen molar-refractivity contribution in [3.63, 3.8) is 0 Å². The molecule has 3 aromatic rings. The third kappa shape index (κ3) is 4.39. The molecule has 1 amide bonds. The zero-order valence-electron chi connectivity index (χ0n) is 22.5. The minimum atomic E-state index is -1.01. The number of ether oxygens (including phenoxy) is 3. The number of amides is 1. The highest BCUT2D eigenvalue weighted by atomic mass is 16.6. The van der Waals surface area contributed by atoms with Gasteiger partial charge in [0.15, 0.2) is 6.04 Å². The van der Waals surface area contributed by atoms with Gasteiger partial charge in [0.1, 0.15) is 29.8 Å². The maximum Gasteiger partial charge on any atom is 0.332 e. The van der Waals surface area contributed by atoms with Gasteiger partial charge in [-0.05, 0) is 65.2 Å². The van der Waals surface area contributed by atoms with Gasteiger partial charge in [-0.15, -0.1) is 0 Å². The number of rotatable bonds is 8. The fraction of sp³-hybridized carbons (Fsp3) is 0.267. The van der Waals surface area contributed by atoms with Crippen molar-refractivity contribution in [3.8, 4) is 11.5 Å². The summed E-state index contributed by atoms with van der Waals surface area (Å²) in [5.74, 6) is 0.692. The average Bonchev–Trinajstić information content (AvgIpc) is 3.01. The number of nitrogens with one attached hydrogen (secondary N) is 1. The first-order valence-corrected chi connectivity index (χ1v) is 13.1. The number of hydrogen-bond donors (Lipinski definition) is 1. The molecule has 2 saturated heterocycles. The van der Waals surface area contributed by atoms with Crippen molar-refractivity contribution < 1.29 is 28.7 Å². The first-order valence-electron chi connectivity index (χ1n) is 13.1. The lowest BCUT2D eigenvalue weighted by Gasteiger charge is -2.63. The van der Waals surface area contributed by atoms with Crippen LogP contribution in [0.15, 0.2) is 79.0 Å². The highest BCUT2D eigenvalue weighted by molar-refractivity contribution is 5.92. The summed E-state index contributed by atoms with van der Waals surface area (Å²) in [6.45, 7) is 0.318. The molecule has 0 saturated carbocycles. The average molecular weight is 557 g/mol. The van der Waals surface area contributed by atoms with Crippen LogP contribution in [0.2, 0.25) is 0 Å². The van der Waals surface area contributed by atoms with Gasteiger partial charge in [-0.2, -0.15) is 0 Å². The predicted molar refractivity (Wildman–Crippen MR) is 147 cm³/mol. The van der Waals surface area contributed by atoms with Crippen molar-refractivity contribution in [1.29, 1.82) is 0 Å². The van der Waals surface area contributed by atoms with E-state index < -0.39 is 22.5 Å².